The van der Waals surface area contributed by atoms with E-state index in [1.807, 2.05) is 13.8 Å². The molecule has 0 aliphatic carbocycles. The van der Waals surface area contributed by atoms with E-state index in [-0.39, 0.29) is 0 Å². The summed E-state index contributed by atoms with van der Waals surface area (Å²) in [5.74, 6) is 0.766. The lowest BCUT2D eigenvalue weighted by Crippen LogP contribution is -2.37. The Kier molecular flexibility index (Phi) is 3.19. The molecule has 0 saturated carbocycles. The van der Waals surface area contributed by atoms with E-state index in [0.29, 0.717) is 4.83 Å². The van der Waals surface area contributed by atoms with Crippen LogP contribution in [0.25, 0.3) is 0 Å². The van der Waals surface area contributed by atoms with Crippen LogP contribution in [-0.4, -0.2) is 33.1 Å². The fraction of sp³-hybridized carbons (Fsp3) is 0.700. The van der Waals surface area contributed by atoms with Gasteiger partial charge in [0.1, 0.15) is 0 Å². The van der Waals surface area contributed by atoms with Crippen molar-refractivity contribution in [2.24, 2.45) is 0 Å². The fourth-order valence-corrected chi connectivity index (χ4v) is 2.36. The van der Waals surface area contributed by atoms with Crippen LogP contribution in [0, 0.1) is 13.8 Å². The predicted molar refractivity (Wildman–Crippen MR) is 63.5 cm³/mol. The first kappa shape index (κ1) is 10.8. The number of piperidine rings is 1. The van der Waals surface area contributed by atoms with E-state index in [2.05, 4.69) is 36.0 Å². The van der Waals surface area contributed by atoms with Crippen LogP contribution in [0.5, 0.6) is 0 Å². The van der Waals surface area contributed by atoms with E-state index in [4.69, 9.17) is 0 Å². The molecule has 1 atom stereocenters. The fourth-order valence-electron chi connectivity index (χ4n) is 1.69. The number of hydrogen-bond acceptors (Lipinski definition) is 4. The summed E-state index contributed by atoms with van der Waals surface area (Å²) in [6.07, 6.45) is 2.42. The molecule has 0 bridgehead atoms. The average molecular weight is 271 g/mol. The number of rotatable bonds is 1. The third kappa shape index (κ3) is 2.45. The van der Waals surface area contributed by atoms with Crippen LogP contribution in [0.3, 0.4) is 0 Å². The van der Waals surface area contributed by atoms with E-state index >= 15 is 0 Å². The third-order valence-electron chi connectivity index (χ3n) is 2.73. The molecule has 2 rings (SSSR count). The first-order chi connectivity index (χ1) is 7.16. The normalized spacial score (nSPS) is 21.8. The summed E-state index contributed by atoms with van der Waals surface area (Å²) in [6.45, 7) is 5.92. The molecular formula is C10H15BrN4. The standard InChI is InChI=1S/C10H15BrN4/c1-7-8(2)13-14-10(12-7)15-5-3-4-9(11)6-15/h9H,3-6H2,1-2H3. The van der Waals surface area contributed by atoms with Gasteiger partial charge in [-0.1, -0.05) is 15.9 Å². The molecular weight excluding hydrogens is 256 g/mol. The van der Waals surface area contributed by atoms with Gasteiger partial charge in [0.15, 0.2) is 0 Å². The Bertz CT molecular complexity index is 355. The molecule has 82 valence electrons. The number of aromatic nitrogens is 3. The van der Waals surface area contributed by atoms with Gasteiger partial charge in [-0.15, -0.1) is 5.10 Å². The number of aryl methyl sites for hydroxylation is 2. The zero-order valence-electron chi connectivity index (χ0n) is 9.07. The van der Waals surface area contributed by atoms with Gasteiger partial charge in [0, 0.05) is 17.9 Å². The van der Waals surface area contributed by atoms with E-state index in [0.717, 1.165) is 30.4 Å². The molecule has 0 N–H and O–H groups in total. The SMILES string of the molecule is Cc1nnc(N2CCCC(Br)C2)nc1C. The largest absolute Gasteiger partial charge is 0.338 e. The zero-order valence-corrected chi connectivity index (χ0v) is 10.7. The summed E-state index contributed by atoms with van der Waals surface area (Å²) in [5, 5.41) is 8.25. The number of anilines is 1. The molecule has 1 saturated heterocycles. The van der Waals surface area contributed by atoms with Crippen LogP contribution in [0.4, 0.5) is 5.95 Å². The molecule has 1 aromatic heterocycles. The van der Waals surface area contributed by atoms with Crippen LogP contribution >= 0.6 is 15.9 Å². The van der Waals surface area contributed by atoms with Crippen molar-refractivity contribution in [3.63, 3.8) is 0 Å². The molecule has 0 amide bonds. The Balaban J connectivity index is 2.18. The lowest BCUT2D eigenvalue weighted by molar-refractivity contribution is 0.580. The van der Waals surface area contributed by atoms with Crippen LogP contribution in [0.2, 0.25) is 0 Å². The lowest BCUT2D eigenvalue weighted by atomic mass is 10.1. The average Bonchev–Trinajstić information content (AvgIpc) is 2.22. The maximum absolute atomic E-state index is 4.46. The van der Waals surface area contributed by atoms with Gasteiger partial charge in [-0.2, -0.15) is 5.10 Å². The van der Waals surface area contributed by atoms with E-state index in [1.54, 1.807) is 0 Å². The smallest absolute Gasteiger partial charge is 0.245 e. The maximum atomic E-state index is 4.46. The molecule has 1 aromatic rings. The summed E-state index contributed by atoms with van der Waals surface area (Å²) in [7, 11) is 0. The van der Waals surface area contributed by atoms with Crippen LogP contribution in [-0.2, 0) is 0 Å². The lowest BCUT2D eigenvalue weighted by Gasteiger charge is -2.29. The number of alkyl halides is 1. The Labute approximate surface area is 98.2 Å². The second-order valence-electron chi connectivity index (χ2n) is 3.97. The van der Waals surface area contributed by atoms with Crippen LogP contribution in [0.15, 0.2) is 0 Å². The zero-order chi connectivity index (χ0) is 10.8. The molecule has 15 heavy (non-hydrogen) atoms. The van der Waals surface area contributed by atoms with Gasteiger partial charge in [-0.3, -0.25) is 0 Å². The summed E-state index contributed by atoms with van der Waals surface area (Å²) >= 11 is 3.64. The number of halogens is 1. The highest BCUT2D eigenvalue weighted by Gasteiger charge is 2.20. The molecule has 2 heterocycles. The summed E-state index contributed by atoms with van der Waals surface area (Å²) in [4.78, 5) is 7.21. The molecule has 1 unspecified atom stereocenters. The van der Waals surface area contributed by atoms with Gasteiger partial charge in [0.05, 0.1) is 11.4 Å². The number of hydrogen-bond donors (Lipinski definition) is 0. The van der Waals surface area contributed by atoms with Crippen LogP contribution < -0.4 is 4.90 Å². The minimum absolute atomic E-state index is 0.552. The minimum atomic E-state index is 0.552. The monoisotopic (exact) mass is 270 g/mol. The Morgan fingerprint density at radius 3 is 2.73 bits per heavy atom. The van der Waals surface area contributed by atoms with Crippen molar-refractivity contribution in [2.75, 3.05) is 18.0 Å². The van der Waals surface area contributed by atoms with Crippen molar-refractivity contribution in [2.45, 2.75) is 31.5 Å². The number of nitrogens with zero attached hydrogens (tertiary/aromatic N) is 4. The summed E-state index contributed by atoms with van der Waals surface area (Å²) in [6, 6.07) is 0. The Hall–Kier alpha value is -0.710. The third-order valence-corrected chi connectivity index (χ3v) is 3.47. The highest BCUT2D eigenvalue weighted by molar-refractivity contribution is 9.09. The molecule has 0 spiro atoms. The van der Waals surface area contributed by atoms with Crippen LogP contribution in [0.1, 0.15) is 24.2 Å². The van der Waals surface area contributed by atoms with Gasteiger partial charge in [-0.25, -0.2) is 4.98 Å². The quantitative estimate of drug-likeness (QED) is 0.731. The van der Waals surface area contributed by atoms with E-state index in [1.165, 1.54) is 12.8 Å². The Morgan fingerprint density at radius 1 is 1.27 bits per heavy atom. The molecule has 1 aliphatic heterocycles. The topological polar surface area (TPSA) is 41.9 Å². The van der Waals surface area contributed by atoms with Gasteiger partial charge < -0.3 is 4.90 Å². The first-order valence-electron chi connectivity index (χ1n) is 5.24. The highest BCUT2D eigenvalue weighted by Crippen LogP contribution is 2.20. The first-order valence-corrected chi connectivity index (χ1v) is 6.15. The van der Waals surface area contributed by atoms with E-state index in [9.17, 15) is 0 Å². The van der Waals surface area contributed by atoms with Gasteiger partial charge in [-0.05, 0) is 26.7 Å². The predicted octanol–water partition coefficient (Wildman–Crippen LogP) is 1.85. The highest BCUT2D eigenvalue weighted by atomic mass is 79.9. The molecule has 0 aromatic carbocycles. The van der Waals surface area contributed by atoms with Gasteiger partial charge in [0.25, 0.3) is 0 Å². The van der Waals surface area contributed by atoms with Crippen molar-refractivity contribution in [1.29, 1.82) is 0 Å². The Morgan fingerprint density at radius 2 is 2.07 bits per heavy atom. The second-order valence-corrected chi connectivity index (χ2v) is 5.26. The summed E-state index contributed by atoms with van der Waals surface area (Å²) < 4.78 is 0. The molecule has 0 radical (unpaired) electrons. The van der Waals surface area contributed by atoms with Crippen molar-refractivity contribution < 1.29 is 0 Å². The van der Waals surface area contributed by atoms with Gasteiger partial charge >= 0.3 is 0 Å². The van der Waals surface area contributed by atoms with Gasteiger partial charge in [0.2, 0.25) is 5.95 Å². The minimum Gasteiger partial charge on any atom is -0.338 e. The van der Waals surface area contributed by atoms with Crippen molar-refractivity contribution >= 4 is 21.9 Å². The molecule has 4 nitrogen and oxygen atoms in total. The van der Waals surface area contributed by atoms with Crippen molar-refractivity contribution in [3.8, 4) is 0 Å². The van der Waals surface area contributed by atoms with Crippen molar-refractivity contribution in [3.05, 3.63) is 11.4 Å². The second kappa shape index (κ2) is 4.43. The van der Waals surface area contributed by atoms with Crippen molar-refractivity contribution in [1.82, 2.24) is 15.2 Å². The molecule has 1 fully saturated rings. The molecule has 1 aliphatic rings. The molecule has 5 heteroatoms. The summed E-state index contributed by atoms with van der Waals surface area (Å²) in [5.41, 5.74) is 1.88. The van der Waals surface area contributed by atoms with E-state index < -0.39 is 0 Å². The maximum Gasteiger partial charge on any atom is 0.245 e.